The zero-order chi connectivity index (χ0) is 13.7. The van der Waals surface area contributed by atoms with Crippen molar-refractivity contribution in [2.75, 3.05) is 24.2 Å². The molecule has 0 aliphatic rings. The lowest BCUT2D eigenvalue weighted by Gasteiger charge is -2.13. The molecule has 0 amide bonds. The van der Waals surface area contributed by atoms with Crippen LogP contribution >= 0.6 is 0 Å². The summed E-state index contributed by atoms with van der Waals surface area (Å²) in [7, 11) is 1.51. The Labute approximate surface area is 102 Å². The fourth-order valence-corrected chi connectivity index (χ4v) is 1.39. The van der Waals surface area contributed by atoms with Gasteiger partial charge in [0, 0.05) is 13.6 Å². The first-order valence-electron chi connectivity index (χ1n) is 5.12. The molecule has 100 valence electrons. The maximum Gasteiger partial charge on any atom is 0.315 e. The van der Waals surface area contributed by atoms with Crippen LogP contribution in [0.1, 0.15) is 0 Å². The van der Waals surface area contributed by atoms with Crippen LogP contribution in [0.5, 0.6) is 0 Å². The highest BCUT2D eigenvalue weighted by molar-refractivity contribution is 5.76. The number of nitro groups is 1. The predicted molar refractivity (Wildman–Crippen MR) is 63.1 cm³/mol. The summed E-state index contributed by atoms with van der Waals surface area (Å²) in [4.78, 5) is 10.3. The lowest BCUT2D eigenvalue weighted by Crippen LogP contribution is -2.27. The molecular weight excluding hydrogens is 248 g/mol. The van der Waals surface area contributed by atoms with Crippen molar-refractivity contribution in [1.29, 1.82) is 0 Å². The summed E-state index contributed by atoms with van der Waals surface area (Å²) in [6.07, 6.45) is -4.77. The monoisotopic (exact) mass is 261 g/mol. The molecule has 0 heterocycles. The van der Waals surface area contributed by atoms with E-state index in [0.29, 0.717) is 0 Å². The first kappa shape index (κ1) is 14.1. The molecule has 0 saturated heterocycles. The predicted octanol–water partition coefficient (Wildman–Crippen LogP) is 1.67. The van der Waals surface area contributed by atoms with Crippen molar-refractivity contribution in [3.63, 3.8) is 0 Å². The van der Waals surface area contributed by atoms with E-state index >= 15 is 0 Å². The molecule has 1 aromatic rings. The molecule has 0 aliphatic heterocycles. The second kappa shape index (κ2) is 6.10. The number of alkyl halides is 2. The van der Waals surface area contributed by atoms with Crippen molar-refractivity contribution in [1.82, 2.24) is 0 Å². The van der Waals surface area contributed by atoms with Crippen LogP contribution in [0, 0.1) is 10.1 Å². The molecule has 1 atom stereocenters. The van der Waals surface area contributed by atoms with Crippen LogP contribution in [-0.4, -0.2) is 36.2 Å². The largest absolute Gasteiger partial charge is 0.385 e. The number of nitrogens with one attached hydrogen (secondary N) is 2. The first-order chi connectivity index (χ1) is 8.47. The van der Waals surface area contributed by atoms with Crippen LogP contribution in [0.3, 0.4) is 0 Å². The fourth-order valence-electron chi connectivity index (χ4n) is 1.39. The number of nitrogens with zero attached hydrogens (tertiary/aromatic N) is 1. The number of hydrogen-bond acceptors (Lipinski definition) is 5. The lowest BCUT2D eigenvalue weighted by atomic mass is 10.2. The highest BCUT2D eigenvalue weighted by atomic mass is 19.3. The SMILES string of the molecule is CNc1cccc(NCC(O)C(F)F)c1[N+](=O)[O-]. The number of rotatable bonds is 6. The minimum Gasteiger partial charge on any atom is -0.385 e. The Morgan fingerprint density at radius 3 is 2.56 bits per heavy atom. The normalized spacial score (nSPS) is 12.3. The Hall–Kier alpha value is -1.96. The van der Waals surface area contributed by atoms with Gasteiger partial charge in [-0.2, -0.15) is 0 Å². The van der Waals surface area contributed by atoms with E-state index < -0.39 is 24.0 Å². The lowest BCUT2D eigenvalue weighted by molar-refractivity contribution is -0.383. The molecule has 0 aliphatic carbocycles. The summed E-state index contributed by atoms with van der Waals surface area (Å²) < 4.78 is 24.2. The Kier molecular flexibility index (Phi) is 4.78. The maximum atomic E-state index is 12.1. The standard InChI is InChI=1S/C10H13F2N3O3/c1-13-6-3-2-4-7(9(6)15(17)18)14-5-8(16)10(11)12/h2-4,8,10,13-14,16H,5H2,1H3. The topological polar surface area (TPSA) is 87.4 Å². The van der Waals surface area contributed by atoms with Gasteiger partial charge in [-0.25, -0.2) is 8.78 Å². The van der Waals surface area contributed by atoms with Crippen molar-refractivity contribution in [3.05, 3.63) is 28.3 Å². The molecule has 1 unspecified atom stereocenters. The number of para-hydroxylation sites is 1. The van der Waals surface area contributed by atoms with Gasteiger partial charge in [-0.05, 0) is 12.1 Å². The molecule has 6 nitrogen and oxygen atoms in total. The summed E-state index contributed by atoms with van der Waals surface area (Å²) in [6.45, 7) is -0.467. The number of anilines is 2. The van der Waals surface area contributed by atoms with Crippen molar-refractivity contribution < 1.29 is 18.8 Å². The summed E-state index contributed by atoms with van der Waals surface area (Å²) >= 11 is 0. The molecule has 3 N–H and O–H groups in total. The van der Waals surface area contributed by atoms with E-state index in [1.165, 1.54) is 25.2 Å². The molecular formula is C10H13F2N3O3. The Morgan fingerprint density at radius 1 is 1.44 bits per heavy atom. The molecule has 0 saturated carbocycles. The quantitative estimate of drug-likeness (QED) is 0.535. The minimum absolute atomic E-state index is 0.0755. The molecule has 8 heteroatoms. The molecule has 1 rings (SSSR count). The molecule has 0 spiro atoms. The zero-order valence-corrected chi connectivity index (χ0v) is 9.56. The van der Waals surface area contributed by atoms with Gasteiger partial charge in [0.1, 0.15) is 17.5 Å². The van der Waals surface area contributed by atoms with Gasteiger partial charge in [-0.1, -0.05) is 6.07 Å². The van der Waals surface area contributed by atoms with E-state index in [1.807, 2.05) is 0 Å². The molecule has 0 fully saturated rings. The number of hydrogen-bond donors (Lipinski definition) is 3. The molecule has 0 bridgehead atoms. The third-order valence-electron chi connectivity index (χ3n) is 2.28. The average Bonchev–Trinajstić information content (AvgIpc) is 2.34. The number of aliphatic hydroxyl groups is 1. The summed E-state index contributed by atoms with van der Waals surface area (Å²) in [5.41, 5.74) is 0.0875. The van der Waals surface area contributed by atoms with Crippen LogP contribution in [0.25, 0.3) is 0 Å². The van der Waals surface area contributed by atoms with E-state index in [4.69, 9.17) is 5.11 Å². The second-order valence-corrected chi connectivity index (χ2v) is 3.49. The first-order valence-corrected chi connectivity index (χ1v) is 5.12. The third kappa shape index (κ3) is 3.27. The summed E-state index contributed by atoms with van der Waals surface area (Å²) in [5, 5.41) is 24.9. The van der Waals surface area contributed by atoms with Gasteiger partial charge >= 0.3 is 5.69 Å². The third-order valence-corrected chi connectivity index (χ3v) is 2.28. The van der Waals surface area contributed by atoms with Gasteiger partial charge in [-0.15, -0.1) is 0 Å². The van der Waals surface area contributed by atoms with Crippen molar-refractivity contribution >= 4 is 17.1 Å². The van der Waals surface area contributed by atoms with Crippen molar-refractivity contribution in [2.45, 2.75) is 12.5 Å². The van der Waals surface area contributed by atoms with Crippen LogP contribution in [0.2, 0.25) is 0 Å². The van der Waals surface area contributed by atoms with Crippen LogP contribution in [0.15, 0.2) is 18.2 Å². The number of halogens is 2. The Morgan fingerprint density at radius 2 is 2.06 bits per heavy atom. The second-order valence-electron chi connectivity index (χ2n) is 3.49. The highest BCUT2D eigenvalue weighted by Gasteiger charge is 2.21. The molecule has 0 radical (unpaired) electrons. The fraction of sp³-hybridized carbons (Fsp3) is 0.400. The van der Waals surface area contributed by atoms with Crippen LogP contribution in [-0.2, 0) is 0 Å². The van der Waals surface area contributed by atoms with Gasteiger partial charge in [0.05, 0.1) is 4.92 Å². The van der Waals surface area contributed by atoms with Crippen LogP contribution in [0.4, 0.5) is 25.8 Å². The average molecular weight is 261 g/mol. The zero-order valence-electron chi connectivity index (χ0n) is 9.56. The van der Waals surface area contributed by atoms with E-state index in [9.17, 15) is 18.9 Å². The van der Waals surface area contributed by atoms with Crippen molar-refractivity contribution in [3.8, 4) is 0 Å². The van der Waals surface area contributed by atoms with E-state index in [0.717, 1.165) is 0 Å². The van der Waals surface area contributed by atoms with E-state index in [1.54, 1.807) is 0 Å². The van der Waals surface area contributed by atoms with Gasteiger partial charge in [0.15, 0.2) is 0 Å². The van der Waals surface area contributed by atoms with Crippen LogP contribution < -0.4 is 10.6 Å². The molecule has 1 aromatic carbocycles. The van der Waals surface area contributed by atoms with E-state index in [2.05, 4.69) is 10.6 Å². The van der Waals surface area contributed by atoms with Gasteiger partial charge in [0.25, 0.3) is 6.43 Å². The van der Waals surface area contributed by atoms with Gasteiger partial charge in [0.2, 0.25) is 0 Å². The summed E-state index contributed by atoms with van der Waals surface area (Å²) in [5.74, 6) is 0. The molecule has 18 heavy (non-hydrogen) atoms. The Balaban J connectivity index is 2.91. The smallest absolute Gasteiger partial charge is 0.315 e. The van der Waals surface area contributed by atoms with Gasteiger partial charge < -0.3 is 15.7 Å². The minimum atomic E-state index is -2.90. The highest BCUT2D eigenvalue weighted by Crippen LogP contribution is 2.32. The number of benzene rings is 1. The number of aliphatic hydroxyl groups excluding tert-OH is 1. The Bertz CT molecular complexity index is 429. The molecule has 0 aromatic heterocycles. The van der Waals surface area contributed by atoms with Gasteiger partial charge in [-0.3, -0.25) is 10.1 Å². The maximum absolute atomic E-state index is 12.1. The van der Waals surface area contributed by atoms with Crippen molar-refractivity contribution in [2.24, 2.45) is 0 Å². The van der Waals surface area contributed by atoms with E-state index in [-0.39, 0.29) is 17.1 Å². The summed E-state index contributed by atoms with van der Waals surface area (Å²) in [6, 6.07) is 4.42. The number of nitro benzene ring substituents is 1.